The van der Waals surface area contributed by atoms with Crippen LogP contribution in [-0.2, 0) is 22.5 Å². The van der Waals surface area contributed by atoms with Gasteiger partial charge in [0.15, 0.2) is 0 Å². The molecule has 0 saturated carbocycles. The first-order chi connectivity index (χ1) is 8.11. The normalized spacial score (nSPS) is 13.2. The van der Waals surface area contributed by atoms with Crippen molar-refractivity contribution in [3.63, 3.8) is 0 Å². The van der Waals surface area contributed by atoms with E-state index in [9.17, 15) is 9.59 Å². The first-order valence-electron chi connectivity index (χ1n) is 5.21. The maximum Gasteiger partial charge on any atom is 0.326 e. The van der Waals surface area contributed by atoms with Crippen LogP contribution in [0.1, 0.15) is 18.2 Å². The molecule has 0 spiro atoms. The second-order valence-corrected chi connectivity index (χ2v) is 4.63. The number of ether oxygens (including phenoxy) is 1. The van der Waals surface area contributed by atoms with Gasteiger partial charge in [-0.1, -0.05) is 15.9 Å². The van der Waals surface area contributed by atoms with Crippen LogP contribution in [0.25, 0.3) is 6.08 Å². The molecule has 0 aromatic carbocycles. The number of carbonyl (C=O) groups excluding carboxylic acids is 1. The molecule has 1 heterocycles. The molecule has 6 heteroatoms. The molecule has 5 nitrogen and oxygen atoms in total. The Bertz CT molecular complexity index is 548. The maximum absolute atomic E-state index is 12.0. The van der Waals surface area contributed by atoms with Crippen LogP contribution in [0.3, 0.4) is 0 Å². The van der Waals surface area contributed by atoms with Gasteiger partial charge < -0.3 is 4.74 Å². The lowest BCUT2D eigenvalue weighted by Crippen LogP contribution is -2.27. The molecule has 0 N–H and O–H groups in total. The molecule has 1 aromatic heterocycles. The fourth-order valence-electron chi connectivity index (χ4n) is 1.65. The number of allylic oxidation sites excluding steroid dienone is 1. The predicted molar refractivity (Wildman–Crippen MR) is 65.7 cm³/mol. The molecule has 0 bridgehead atoms. The average molecular weight is 299 g/mol. The smallest absolute Gasteiger partial charge is 0.326 e. The SMILES string of the molecule is CCOC(=O)Cn1cnc2c(c1=O)C=C(Br)C2. The minimum Gasteiger partial charge on any atom is -0.465 e. The van der Waals surface area contributed by atoms with Crippen LogP contribution in [0.15, 0.2) is 15.6 Å². The molecule has 0 aliphatic heterocycles. The summed E-state index contributed by atoms with van der Waals surface area (Å²) in [6, 6.07) is 0. The third-order valence-corrected chi connectivity index (χ3v) is 2.91. The summed E-state index contributed by atoms with van der Waals surface area (Å²) in [4.78, 5) is 27.4. The number of halogens is 1. The third-order valence-electron chi connectivity index (χ3n) is 2.40. The Kier molecular flexibility index (Phi) is 3.42. The zero-order valence-corrected chi connectivity index (χ0v) is 10.9. The number of aromatic nitrogens is 2. The summed E-state index contributed by atoms with van der Waals surface area (Å²) in [5.74, 6) is -0.433. The van der Waals surface area contributed by atoms with Crippen LogP contribution < -0.4 is 5.56 Å². The molecule has 0 fully saturated rings. The number of nitrogens with zero attached hydrogens (tertiary/aromatic N) is 2. The number of hydrogen-bond donors (Lipinski definition) is 0. The Hall–Kier alpha value is -1.43. The van der Waals surface area contributed by atoms with Crippen molar-refractivity contribution >= 4 is 28.0 Å². The van der Waals surface area contributed by atoms with Crippen molar-refractivity contribution < 1.29 is 9.53 Å². The van der Waals surface area contributed by atoms with E-state index >= 15 is 0 Å². The van der Waals surface area contributed by atoms with Crippen molar-refractivity contribution in [3.05, 3.63) is 32.4 Å². The summed E-state index contributed by atoms with van der Waals surface area (Å²) in [7, 11) is 0. The number of carbonyl (C=O) groups is 1. The van der Waals surface area contributed by atoms with Gasteiger partial charge in [0.25, 0.3) is 5.56 Å². The summed E-state index contributed by atoms with van der Waals surface area (Å²) in [6.07, 6.45) is 3.76. The first-order valence-corrected chi connectivity index (χ1v) is 6.01. The van der Waals surface area contributed by atoms with Crippen molar-refractivity contribution in [2.24, 2.45) is 0 Å². The summed E-state index contributed by atoms with van der Waals surface area (Å²) < 4.78 is 6.98. The highest BCUT2D eigenvalue weighted by molar-refractivity contribution is 9.11. The van der Waals surface area contributed by atoms with E-state index in [-0.39, 0.29) is 12.1 Å². The van der Waals surface area contributed by atoms with Gasteiger partial charge in [0, 0.05) is 10.9 Å². The quantitative estimate of drug-likeness (QED) is 0.784. The van der Waals surface area contributed by atoms with Crippen molar-refractivity contribution in [3.8, 4) is 0 Å². The van der Waals surface area contributed by atoms with Gasteiger partial charge in [-0.05, 0) is 13.0 Å². The lowest BCUT2D eigenvalue weighted by molar-refractivity contribution is -0.143. The Morgan fingerprint density at radius 1 is 1.65 bits per heavy atom. The molecule has 0 radical (unpaired) electrons. The third kappa shape index (κ3) is 2.46. The lowest BCUT2D eigenvalue weighted by Gasteiger charge is -2.06. The number of fused-ring (bicyclic) bond motifs is 1. The molecule has 17 heavy (non-hydrogen) atoms. The van der Waals surface area contributed by atoms with Crippen LogP contribution in [0.5, 0.6) is 0 Å². The van der Waals surface area contributed by atoms with E-state index in [1.54, 1.807) is 13.0 Å². The highest BCUT2D eigenvalue weighted by Gasteiger charge is 2.17. The van der Waals surface area contributed by atoms with Crippen LogP contribution in [0.4, 0.5) is 0 Å². The van der Waals surface area contributed by atoms with E-state index in [2.05, 4.69) is 20.9 Å². The largest absolute Gasteiger partial charge is 0.465 e. The summed E-state index contributed by atoms with van der Waals surface area (Å²) in [5.41, 5.74) is 1.07. The van der Waals surface area contributed by atoms with Gasteiger partial charge in [0.2, 0.25) is 0 Å². The number of esters is 1. The molecular formula is C11H11BrN2O3. The van der Waals surface area contributed by atoms with Crippen LogP contribution in [0, 0.1) is 0 Å². The topological polar surface area (TPSA) is 61.2 Å². The average Bonchev–Trinajstić information content (AvgIpc) is 2.64. The molecule has 1 aromatic rings. The van der Waals surface area contributed by atoms with Crippen LogP contribution >= 0.6 is 15.9 Å². The van der Waals surface area contributed by atoms with Crippen molar-refractivity contribution in [2.75, 3.05) is 6.61 Å². The number of hydrogen-bond acceptors (Lipinski definition) is 4. The van der Waals surface area contributed by atoms with Gasteiger partial charge >= 0.3 is 5.97 Å². The van der Waals surface area contributed by atoms with Crippen molar-refractivity contribution in [1.29, 1.82) is 0 Å². The molecular weight excluding hydrogens is 288 g/mol. The van der Waals surface area contributed by atoms with E-state index in [4.69, 9.17) is 4.74 Å². The Morgan fingerprint density at radius 2 is 2.41 bits per heavy atom. The number of rotatable bonds is 3. The van der Waals surface area contributed by atoms with Crippen molar-refractivity contribution in [2.45, 2.75) is 19.9 Å². The highest BCUT2D eigenvalue weighted by atomic mass is 79.9. The second-order valence-electron chi connectivity index (χ2n) is 3.61. The molecule has 0 unspecified atom stereocenters. The Morgan fingerprint density at radius 3 is 3.12 bits per heavy atom. The van der Waals surface area contributed by atoms with E-state index < -0.39 is 5.97 Å². The van der Waals surface area contributed by atoms with Crippen LogP contribution in [-0.4, -0.2) is 22.1 Å². The lowest BCUT2D eigenvalue weighted by atomic mass is 10.3. The van der Waals surface area contributed by atoms with Gasteiger partial charge in [-0.2, -0.15) is 0 Å². The fourth-order valence-corrected chi connectivity index (χ4v) is 2.15. The minimum absolute atomic E-state index is 0.0988. The van der Waals surface area contributed by atoms with Gasteiger partial charge in [0.1, 0.15) is 6.54 Å². The minimum atomic E-state index is -0.433. The second kappa shape index (κ2) is 4.83. The Balaban J connectivity index is 2.29. The summed E-state index contributed by atoms with van der Waals surface area (Å²) in [5, 5.41) is 0. The molecule has 1 aliphatic rings. The molecule has 0 amide bonds. The molecule has 0 saturated heterocycles. The maximum atomic E-state index is 12.0. The zero-order chi connectivity index (χ0) is 12.4. The highest BCUT2D eigenvalue weighted by Crippen LogP contribution is 2.23. The summed E-state index contributed by atoms with van der Waals surface area (Å²) in [6.45, 7) is 1.93. The van der Waals surface area contributed by atoms with Crippen LogP contribution in [0.2, 0.25) is 0 Å². The summed E-state index contributed by atoms with van der Waals surface area (Å²) >= 11 is 3.33. The van der Waals surface area contributed by atoms with Gasteiger partial charge in [0.05, 0.1) is 24.2 Å². The first kappa shape index (κ1) is 12.0. The Labute approximate surface area is 106 Å². The molecule has 2 rings (SSSR count). The molecule has 1 aliphatic carbocycles. The van der Waals surface area contributed by atoms with E-state index in [1.807, 2.05) is 0 Å². The van der Waals surface area contributed by atoms with Gasteiger partial charge in [-0.15, -0.1) is 0 Å². The van der Waals surface area contributed by atoms with Gasteiger partial charge in [-0.25, -0.2) is 4.98 Å². The van der Waals surface area contributed by atoms with E-state index in [1.165, 1.54) is 10.9 Å². The standard InChI is InChI=1S/C11H11BrN2O3/c1-2-17-10(15)5-14-6-13-9-4-7(12)3-8(9)11(14)16/h3,6H,2,4-5H2,1H3. The van der Waals surface area contributed by atoms with E-state index in [0.29, 0.717) is 18.6 Å². The van der Waals surface area contributed by atoms with E-state index in [0.717, 1.165) is 10.2 Å². The fraction of sp³-hybridized carbons (Fsp3) is 0.364. The molecule has 0 atom stereocenters. The van der Waals surface area contributed by atoms with Gasteiger partial charge in [-0.3, -0.25) is 14.2 Å². The monoisotopic (exact) mass is 298 g/mol. The predicted octanol–water partition coefficient (Wildman–Crippen LogP) is 1.10. The zero-order valence-electron chi connectivity index (χ0n) is 9.27. The van der Waals surface area contributed by atoms with Crippen molar-refractivity contribution in [1.82, 2.24) is 9.55 Å². The molecule has 90 valence electrons.